The first-order chi connectivity index (χ1) is 11.0. The van der Waals surface area contributed by atoms with Gasteiger partial charge in [0.25, 0.3) is 0 Å². The molecule has 1 fully saturated rings. The van der Waals surface area contributed by atoms with E-state index in [-0.39, 0.29) is 28.7 Å². The lowest BCUT2D eigenvalue weighted by Gasteiger charge is -2.36. The number of aliphatic imine (C=N–C) groups is 1. The first kappa shape index (κ1) is 21.6. The second kappa shape index (κ2) is 10.5. The number of nitrogens with zero attached hydrogens (tertiary/aromatic N) is 4. The summed E-state index contributed by atoms with van der Waals surface area (Å²) in [6, 6.07) is 1.93. The molecule has 2 rings (SSSR count). The van der Waals surface area contributed by atoms with Gasteiger partial charge in [-0.2, -0.15) is 11.8 Å². The predicted molar refractivity (Wildman–Crippen MR) is 112 cm³/mol. The van der Waals surface area contributed by atoms with Crippen molar-refractivity contribution in [2.24, 2.45) is 4.99 Å². The quantitative estimate of drug-likeness (QED) is 0.394. The highest BCUT2D eigenvalue weighted by Crippen LogP contribution is 2.21. The van der Waals surface area contributed by atoms with E-state index in [1.807, 2.05) is 17.8 Å². The minimum Gasteiger partial charge on any atom is -0.364 e. The predicted octanol–water partition coefficient (Wildman–Crippen LogP) is 2.52. The molecule has 1 N–H and O–H groups in total. The number of guanidine groups is 1. The van der Waals surface area contributed by atoms with Crippen LogP contribution in [0.2, 0.25) is 0 Å². The Balaban J connectivity index is 0.00000288. The molecule has 8 heteroatoms. The summed E-state index contributed by atoms with van der Waals surface area (Å²) < 4.78 is 5.08. The Labute approximate surface area is 166 Å². The molecule has 1 aromatic heterocycles. The molecule has 1 aliphatic rings. The molecule has 24 heavy (non-hydrogen) atoms. The van der Waals surface area contributed by atoms with Crippen LogP contribution in [-0.2, 0) is 6.54 Å². The number of hydrogen-bond donors (Lipinski definition) is 1. The van der Waals surface area contributed by atoms with Gasteiger partial charge in [0, 0.05) is 50.1 Å². The molecule has 0 unspecified atom stereocenters. The summed E-state index contributed by atoms with van der Waals surface area (Å²) >= 11 is 1.86. The van der Waals surface area contributed by atoms with E-state index in [0.29, 0.717) is 0 Å². The van der Waals surface area contributed by atoms with Gasteiger partial charge < -0.3 is 14.7 Å². The Hall–Kier alpha value is -0.480. The molecule has 138 valence electrons. The Morgan fingerprint density at radius 2 is 2.08 bits per heavy atom. The van der Waals surface area contributed by atoms with E-state index in [4.69, 9.17) is 9.52 Å². The molecule has 0 atom stereocenters. The van der Waals surface area contributed by atoms with Crippen LogP contribution in [0.3, 0.4) is 0 Å². The van der Waals surface area contributed by atoms with Crippen molar-refractivity contribution < 1.29 is 4.52 Å². The van der Waals surface area contributed by atoms with Crippen molar-refractivity contribution in [3.8, 4) is 0 Å². The molecular formula is C16H30IN5OS. The van der Waals surface area contributed by atoms with Crippen LogP contribution in [0.5, 0.6) is 0 Å². The number of thioether (sulfide) groups is 1. The van der Waals surface area contributed by atoms with Crippen LogP contribution in [-0.4, -0.2) is 71.2 Å². The molecule has 0 radical (unpaired) electrons. The monoisotopic (exact) mass is 467 g/mol. The van der Waals surface area contributed by atoms with Gasteiger partial charge >= 0.3 is 0 Å². The van der Waals surface area contributed by atoms with Crippen LogP contribution < -0.4 is 5.32 Å². The summed E-state index contributed by atoms with van der Waals surface area (Å²) in [6.07, 6.45) is 3.78. The summed E-state index contributed by atoms with van der Waals surface area (Å²) in [4.78, 5) is 9.61. The van der Waals surface area contributed by atoms with Gasteiger partial charge in [0.2, 0.25) is 0 Å². The third-order valence-electron chi connectivity index (χ3n) is 4.05. The number of halogens is 1. The molecule has 0 aliphatic carbocycles. The van der Waals surface area contributed by atoms with E-state index in [2.05, 4.69) is 47.3 Å². The van der Waals surface area contributed by atoms with Crippen molar-refractivity contribution in [1.82, 2.24) is 20.3 Å². The normalized spacial score (nSPS) is 16.8. The minimum atomic E-state index is 0. The SMILES string of the molecule is CCNC(=NCC(C)(C)SC)N1CCN(Cc2ccon2)CC1.I. The first-order valence-corrected chi connectivity index (χ1v) is 9.46. The molecule has 0 spiro atoms. The molecule has 1 saturated heterocycles. The maximum atomic E-state index is 4.90. The average molecular weight is 467 g/mol. The highest BCUT2D eigenvalue weighted by molar-refractivity contribution is 14.0. The van der Waals surface area contributed by atoms with Crippen LogP contribution in [0.15, 0.2) is 21.8 Å². The van der Waals surface area contributed by atoms with Crippen molar-refractivity contribution in [3.63, 3.8) is 0 Å². The van der Waals surface area contributed by atoms with E-state index in [1.165, 1.54) is 0 Å². The van der Waals surface area contributed by atoms with Gasteiger partial charge in [-0.3, -0.25) is 9.89 Å². The number of hydrogen-bond acceptors (Lipinski definition) is 5. The van der Waals surface area contributed by atoms with E-state index >= 15 is 0 Å². The van der Waals surface area contributed by atoms with Crippen molar-refractivity contribution in [3.05, 3.63) is 18.0 Å². The summed E-state index contributed by atoms with van der Waals surface area (Å²) in [7, 11) is 0. The van der Waals surface area contributed by atoms with E-state index in [1.54, 1.807) is 6.26 Å². The Morgan fingerprint density at radius 3 is 2.62 bits per heavy atom. The van der Waals surface area contributed by atoms with E-state index < -0.39 is 0 Å². The molecule has 0 saturated carbocycles. The third kappa shape index (κ3) is 6.79. The first-order valence-electron chi connectivity index (χ1n) is 8.24. The lowest BCUT2D eigenvalue weighted by atomic mass is 10.2. The second-order valence-corrected chi connectivity index (χ2v) is 7.90. The maximum absolute atomic E-state index is 4.90. The van der Waals surface area contributed by atoms with Gasteiger partial charge in [-0.25, -0.2) is 0 Å². The van der Waals surface area contributed by atoms with Gasteiger partial charge in [0.1, 0.15) is 6.26 Å². The van der Waals surface area contributed by atoms with Crippen molar-refractivity contribution >= 4 is 41.7 Å². The van der Waals surface area contributed by atoms with Crippen molar-refractivity contribution in [2.45, 2.75) is 32.1 Å². The standard InChI is InChI=1S/C16H29N5OS.HI/c1-5-17-15(18-13-16(2,3)23-4)21-9-7-20(8-10-21)12-14-6-11-22-19-14;/h6,11H,5,7-10,12-13H2,1-4H3,(H,17,18);1H. The molecule has 1 aromatic rings. The molecule has 0 bridgehead atoms. The van der Waals surface area contributed by atoms with Crippen molar-refractivity contribution in [1.29, 1.82) is 0 Å². The summed E-state index contributed by atoms with van der Waals surface area (Å²) in [6.45, 7) is 13.2. The topological polar surface area (TPSA) is 56.9 Å². The van der Waals surface area contributed by atoms with Crippen LogP contribution >= 0.6 is 35.7 Å². The molecule has 1 aliphatic heterocycles. The lowest BCUT2D eigenvalue weighted by Crippen LogP contribution is -2.52. The third-order valence-corrected chi connectivity index (χ3v) is 5.28. The highest BCUT2D eigenvalue weighted by Gasteiger charge is 2.21. The fourth-order valence-electron chi connectivity index (χ4n) is 2.42. The van der Waals surface area contributed by atoms with E-state index in [9.17, 15) is 0 Å². The Morgan fingerprint density at radius 1 is 1.38 bits per heavy atom. The Kier molecular flexibility index (Phi) is 9.43. The van der Waals surface area contributed by atoms with Gasteiger partial charge in [0.15, 0.2) is 5.96 Å². The fraction of sp³-hybridized carbons (Fsp3) is 0.750. The van der Waals surface area contributed by atoms with Crippen LogP contribution in [0.25, 0.3) is 0 Å². The van der Waals surface area contributed by atoms with Crippen molar-refractivity contribution in [2.75, 3.05) is 45.5 Å². The average Bonchev–Trinajstić information content (AvgIpc) is 3.05. The number of rotatable bonds is 6. The molecule has 2 heterocycles. The van der Waals surface area contributed by atoms with Gasteiger partial charge in [-0.1, -0.05) is 5.16 Å². The smallest absolute Gasteiger partial charge is 0.194 e. The van der Waals surface area contributed by atoms with Crippen LogP contribution in [0, 0.1) is 0 Å². The summed E-state index contributed by atoms with van der Waals surface area (Å²) in [5.41, 5.74) is 1.00. The zero-order chi connectivity index (χ0) is 16.7. The zero-order valence-electron chi connectivity index (χ0n) is 15.1. The lowest BCUT2D eigenvalue weighted by molar-refractivity contribution is 0.169. The molecular weight excluding hydrogens is 437 g/mol. The Bertz CT molecular complexity index is 487. The van der Waals surface area contributed by atoms with E-state index in [0.717, 1.165) is 57.5 Å². The maximum Gasteiger partial charge on any atom is 0.194 e. The number of nitrogens with one attached hydrogen (secondary N) is 1. The van der Waals surface area contributed by atoms with Crippen LogP contribution in [0.4, 0.5) is 0 Å². The van der Waals surface area contributed by atoms with Gasteiger partial charge in [-0.15, -0.1) is 24.0 Å². The molecule has 0 aromatic carbocycles. The zero-order valence-corrected chi connectivity index (χ0v) is 18.3. The second-order valence-electron chi connectivity index (χ2n) is 6.39. The molecule has 0 amide bonds. The minimum absolute atomic E-state index is 0. The fourth-order valence-corrected chi connectivity index (χ4v) is 2.62. The number of piperazine rings is 1. The van der Waals surface area contributed by atoms with Crippen LogP contribution in [0.1, 0.15) is 26.5 Å². The highest BCUT2D eigenvalue weighted by atomic mass is 127. The van der Waals surface area contributed by atoms with Gasteiger partial charge in [0.05, 0.1) is 12.2 Å². The molecule has 6 nitrogen and oxygen atoms in total. The summed E-state index contributed by atoms with van der Waals surface area (Å²) in [5, 5.41) is 7.42. The number of aromatic nitrogens is 1. The largest absolute Gasteiger partial charge is 0.364 e. The van der Waals surface area contributed by atoms with Gasteiger partial charge in [-0.05, 0) is 27.0 Å². The summed E-state index contributed by atoms with van der Waals surface area (Å²) in [5.74, 6) is 1.04.